The predicted octanol–water partition coefficient (Wildman–Crippen LogP) is 2.27. The number of aryl methyl sites for hydroxylation is 3. The Kier molecular flexibility index (Phi) is 30.0. The van der Waals surface area contributed by atoms with Gasteiger partial charge in [0.15, 0.2) is 22.3 Å². The Labute approximate surface area is 560 Å². The second-order valence-electron chi connectivity index (χ2n) is 16.5. The van der Waals surface area contributed by atoms with E-state index in [0.29, 0.717) is 44.5 Å². The standard InChI is InChI=1S/C20H21N6O2P.C12H11N5OS.C11H10N2O3.C7H9N.C2H4.CH2O3.CH4.2K.H/c1-13-18-19(26(25-13)15-7-9-16(28-2)10-8-15)22-20(24-23-18)21-14-5-11-17(12-6-14)29(3,4)27;1-7-10-11(13-12(19)15-14-10)17(16-7)8-3-5-9(18-2)6-4-8;1-7-10(14)11(15)13(12-7)8-3-5-9(16-2)6-4-8;1-6-2-4-7(8)5-3-6;1-2;2-1-4-3;;;;/h5-12H,1-4H3,(H,21,22,24);3-6H,1-2H3,(H,13,15,19);3-6H,1-2H3;2-5H,8H2,1H3;1-2H2;1,3H;1H4;;;/q;;;;;;;2*+1;-1/p-1. The molecule has 9 aromatic rings. The van der Waals surface area contributed by atoms with E-state index < -0.39 is 18.8 Å². The van der Waals surface area contributed by atoms with E-state index in [0.717, 1.165) is 55.9 Å². The monoisotopic (exact) mass is 1190 g/mol. The smallest absolute Gasteiger partial charge is 1.00 e. The van der Waals surface area contributed by atoms with Gasteiger partial charge in [-0.3, -0.25) is 19.5 Å². The molecule has 1 amide bonds. The number of methoxy groups -OCH3 is 3. The van der Waals surface area contributed by atoms with Gasteiger partial charge in [0, 0.05) is 16.7 Å². The van der Waals surface area contributed by atoms with Crippen LogP contribution in [0, 0.1) is 25.5 Å². The minimum Gasteiger partial charge on any atom is -1.00 e. The maximum absolute atomic E-state index is 12.2. The number of carbonyl (C=O) groups excluding carboxylic acids is 3. The maximum atomic E-state index is 12.2. The zero-order valence-electron chi connectivity index (χ0n) is 47.1. The largest absolute Gasteiger partial charge is 1.00 e. The summed E-state index contributed by atoms with van der Waals surface area (Å²) >= 11 is 5.01. The number of benzene rings is 5. The van der Waals surface area contributed by atoms with Gasteiger partial charge in [-0.25, -0.2) is 9.36 Å². The van der Waals surface area contributed by atoms with Crippen LogP contribution in [0.2, 0.25) is 0 Å². The Bertz CT molecular complexity index is 3610. The fourth-order valence-corrected chi connectivity index (χ4v) is 7.76. The number of nitrogens with two attached hydrogens (primary N) is 1. The van der Waals surface area contributed by atoms with Crippen molar-refractivity contribution < 1.29 is 147 Å². The zero-order chi connectivity index (χ0) is 57.1. The topological polar surface area (TPSA) is 298 Å². The Morgan fingerprint density at radius 2 is 1.14 bits per heavy atom. The van der Waals surface area contributed by atoms with Crippen molar-refractivity contribution >= 4 is 93.9 Å². The van der Waals surface area contributed by atoms with E-state index in [9.17, 15) is 14.2 Å². The second-order valence-corrected chi connectivity index (χ2v) is 20.1. The van der Waals surface area contributed by atoms with Crippen molar-refractivity contribution in [3.63, 3.8) is 0 Å². The summed E-state index contributed by atoms with van der Waals surface area (Å²) in [5.41, 5.74) is 14.9. The van der Waals surface area contributed by atoms with Gasteiger partial charge in [-0.05, 0) is 162 Å². The molecule has 4 aromatic heterocycles. The van der Waals surface area contributed by atoms with Crippen molar-refractivity contribution in [1.29, 1.82) is 0 Å². The van der Waals surface area contributed by atoms with E-state index in [-0.39, 0.29) is 124 Å². The molecule has 10 rings (SSSR count). The van der Waals surface area contributed by atoms with Crippen molar-refractivity contribution in [2.75, 3.05) is 50.7 Å². The number of amides is 1. The summed E-state index contributed by atoms with van der Waals surface area (Å²) in [5, 5.41) is 41.7. The number of hydrazone groups is 1. The van der Waals surface area contributed by atoms with Gasteiger partial charge in [-0.2, -0.15) is 35.4 Å². The van der Waals surface area contributed by atoms with Gasteiger partial charge in [0.25, 0.3) is 12.3 Å². The normalized spacial score (nSPS) is 10.9. The molecule has 1 aliphatic rings. The molecule has 0 atom stereocenters. The molecule has 4 N–H and O–H groups in total. The van der Waals surface area contributed by atoms with Gasteiger partial charge in [-0.1, -0.05) is 25.1 Å². The van der Waals surface area contributed by atoms with Crippen LogP contribution in [-0.2, 0) is 23.8 Å². The number of nitrogens with zero attached hydrogens (tertiary/aromatic N) is 11. The molecule has 0 unspecified atom stereocenters. The molecular weight excluding hydrogens is 1130 g/mol. The molecule has 5 aromatic carbocycles. The third-order valence-electron chi connectivity index (χ3n) is 10.7. The van der Waals surface area contributed by atoms with Crippen molar-refractivity contribution in [3.05, 3.63) is 156 Å². The van der Waals surface area contributed by atoms with Crippen LogP contribution in [0.15, 0.2) is 140 Å². The summed E-state index contributed by atoms with van der Waals surface area (Å²) in [6, 6.07) is 37.1. The first-order chi connectivity index (χ1) is 37.4. The number of fused-ring (bicyclic) bond motifs is 2. The first-order valence-corrected chi connectivity index (χ1v) is 26.1. The number of carbonyl (C=O) groups is 3. The van der Waals surface area contributed by atoms with E-state index in [2.05, 4.69) is 69.0 Å². The van der Waals surface area contributed by atoms with Crippen LogP contribution in [0.1, 0.15) is 32.7 Å². The van der Waals surface area contributed by atoms with Gasteiger partial charge in [0.1, 0.15) is 30.1 Å². The van der Waals surface area contributed by atoms with E-state index in [1.54, 1.807) is 68.3 Å². The number of ketones is 1. The van der Waals surface area contributed by atoms with Gasteiger partial charge < -0.3 is 41.4 Å². The van der Waals surface area contributed by atoms with Crippen molar-refractivity contribution in [2.24, 2.45) is 5.10 Å². The first-order valence-electron chi connectivity index (χ1n) is 23.1. The molecule has 0 fully saturated rings. The molecule has 27 heteroatoms. The molecular formula is C54H61K2N14O9PS. The van der Waals surface area contributed by atoms with Crippen LogP contribution in [0.4, 0.5) is 23.0 Å². The molecule has 5 heterocycles. The number of Topliss-reactive ketones (excluding diaryl/α,β-unsaturated/α-hetero) is 1. The Hall–Kier alpha value is -6.24. The van der Waals surface area contributed by atoms with E-state index in [1.807, 2.05) is 118 Å². The van der Waals surface area contributed by atoms with Crippen LogP contribution in [0.25, 0.3) is 33.7 Å². The summed E-state index contributed by atoms with van der Waals surface area (Å²) in [5.74, 6) is 1.42. The van der Waals surface area contributed by atoms with Gasteiger partial charge in [-0.15, -0.1) is 23.4 Å². The number of aromatic amines is 1. The summed E-state index contributed by atoms with van der Waals surface area (Å²) in [7, 11) is 2.53. The van der Waals surface area contributed by atoms with Gasteiger partial charge in [0.2, 0.25) is 10.7 Å². The Balaban J connectivity index is 0.000000555. The fraction of sp³-hybridized carbons (Fsp3) is 0.185. The Morgan fingerprint density at radius 3 is 1.54 bits per heavy atom. The predicted molar refractivity (Wildman–Crippen MR) is 308 cm³/mol. The molecule has 0 saturated carbocycles. The van der Waals surface area contributed by atoms with Crippen LogP contribution < -0.4 is 144 Å². The molecule has 414 valence electrons. The molecule has 0 spiro atoms. The van der Waals surface area contributed by atoms with E-state index >= 15 is 0 Å². The number of aromatic nitrogens is 10. The quantitative estimate of drug-likeness (QED) is 0.0204. The van der Waals surface area contributed by atoms with Crippen LogP contribution >= 0.6 is 19.4 Å². The number of nitrogen functional groups attached to an aromatic ring is 1. The molecule has 1 aliphatic heterocycles. The van der Waals surface area contributed by atoms with E-state index in [1.165, 1.54) is 12.5 Å². The van der Waals surface area contributed by atoms with E-state index in [4.69, 9.17) is 42.2 Å². The molecule has 23 nitrogen and oxygen atoms in total. The molecule has 0 saturated heterocycles. The summed E-state index contributed by atoms with van der Waals surface area (Å²) in [6.07, 6.45) is 0. The summed E-state index contributed by atoms with van der Waals surface area (Å²) in [6.45, 7) is 16.6. The van der Waals surface area contributed by atoms with Crippen LogP contribution in [0.3, 0.4) is 0 Å². The zero-order valence-corrected chi connectivity index (χ0v) is 54.0. The number of rotatable bonds is 10. The van der Waals surface area contributed by atoms with Gasteiger partial charge >= 0.3 is 109 Å². The van der Waals surface area contributed by atoms with Crippen molar-refractivity contribution in [3.8, 4) is 28.6 Å². The second kappa shape index (κ2) is 34.3. The number of nitrogens with one attached hydrogen (secondary N) is 2. The SMILES string of the molecule is C.C=C.COc1ccc(-n2nc(C)c3n[nH]c(=S)nc32)cc1.COc1ccc(-n2nc(C)c3nnc(Nc4ccc(P(C)(C)=O)cc4)nc32)cc1.COc1ccc(N2N=C(C)C(=O)C2=O)cc1.Cc1ccc(N)cc1.O=CO[O-].[H-].[K+].[K+]. The molecule has 0 radical (unpaired) electrons. The fourth-order valence-electron chi connectivity index (χ4n) is 6.76. The minimum atomic E-state index is -2.29. The van der Waals surface area contributed by atoms with Gasteiger partial charge in [0.05, 0.1) is 49.8 Å². The maximum Gasteiger partial charge on any atom is 1.00 e. The molecule has 0 aliphatic carbocycles. The average molecular weight is 1190 g/mol. The molecule has 81 heavy (non-hydrogen) atoms. The average Bonchev–Trinajstić information content (AvgIpc) is 4.31. The number of hydrogen-bond acceptors (Lipinski definition) is 20. The summed E-state index contributed by atoms with van der Waals surface area (Å²) < 4.78 is 31.3. The third kappa shape index (κ3) is 19.7. The number of H-pyrrole nitrogens is 1. The number of ether oxygens (including phenoxy) is 3. The minimum absolute atomic E-state index is 0. The van der Waals surface area contributed by atoms with Crippen molar-refractivity contribution in [1.82, 2.24) is 49.9 Å². The van der Waals surface area contributed by atoms with Crippen LogP contribution in [-0.4, -0.2) is 108 Å². The number of anilines is 4. The third-order valence-corrected chi connectivity index (χ3v) is 12.4. The van der Waals surface area contributed by atoms with Crippen LogP contribution in [0.5, 0.6) is 17.2 Å². The van der Waals surface area contributed by atoms with Crippen molar-refractivity contribution in [2.45, 2.75) is 35.1 Å². The molecule has 0 bridgehead atoms. The first kappa shape index (κ1) is 70.9. The Morgan fingerprint density at radius 1 is 0.691 bits per heavy atom. The number of hydrogen-bond donors (Lipinski definition) is 3. The summed E-state index contributed by atoms with van der Waals surface area (Å²) in [4.78, 5) is 42.9.